The van der Waals surface area contributed by atoms with E-state index in [1.807, 2.05) is 0 Å². The number of benzene rings is 1. The average molecular weight is 435 g/mol. The monoisotopic (exact) mass is 434 g/mol. The van der Waals surface area contributed by atoms with Crippen molar-refractivity contribution < 1.29 is 4.74 Å². The van der Waals surface area contributed by atoms with Crippen LogP contribution in [-0.4, -0.2) is 65.9 Å². The number of piperazine rings is 1. The van der Waals surface area contributed by atoms with E-state index >= 15 is 0 Å². The van der Waals surface area contributed by atoms with Crippen LogP contribution >= 0.6 is 0 Å². The third-order valence-corrected chi connectivity index (χ3v) is 6.77. The van der Waals surface area contributed by atoms with E-state index in [9.17, 15) is 4.79 Å². The maximum Gasteiger partial charge on any atom is 0.252 e. The van der Waals surface area contributed by atoms with Crippen LogP contribution in [0.15, 0.2) is 47.4 Å². The average Bonchev–Trinajstić information content (AvgIpc) is 2.79. The number of nitrogens with one attached hydrogen (secondary N) is 1. The normalized spacial score (nSPS) is 18.5. The van der Waals surface area contributed by atoms with Crippen LogP contribution in [0.3, 0.4) is 0 Å². The summed E-state index contributed by atoms with van der Waals surface area (Å²) in [6.07, 6.45) is 2.74. The second kappa shape index (κ2) is 8.52. The van der Waals surface area contributed by atoms with Crippen molar-refractivity contribution in [2.24, 2.45) is 5.41 Å². The van der Waals surface area contributed by atoms with Crippen molar-refractivity contribution in [3.05, 3.63) is 52.9 Å². The van der Waals surface area contributed by atoms with E-state index in [0.717, 1.165) is 43.7 Å². The van der Waals surface area contributed by atoms with E-state index in [4.69, 9.17) is 9.72 Å². The van der Waals surface area contributed by atoms with Crippen molar-refractivity contribution in [2.75, 3.05) is 56.7 Å². The van der Waals surface area contributed by atoms with Gasteiger partial charge in [0.25, 0.3) is 5.56 Å². The number of ether oxygens (including phenoxy) is 1. The van der Waals surface area contributed by atoms with Gasteiger partial charge in [-0.3, -0.25) is 9.36 Å². The standard InChI is InChI=1S/C24H30N6O2/c1-3-24(16-32-17-24)15-30-21(31)9-4-18-14-25-23(27-22(18)30)26-19-5-7-20(8-6-19)29-12-10-28(2)11-13-29/h4-9,14H,3,10-13,15-17H2,1-2H3,(H,25,26,27). The Morgan fingerprint density at radius 3 is 2.47 bits per heavy atom. The second-order valence-electron chi connectivity index (χ2n) is 9.04. The van der Waals surface area contributed by atoms with E-state index in [1.54, 1.807) is 22.9 Å². The summed E-state index contributed by atoms with van der Waals surface area (Å²) in [5.74, 6) is 0.486. The zero-order chi connectivity index (χ0) is 22.1. The molecule has 2 fully saturated rings. The molecule has 1 aromatic carbocycles. The lowest BCUT2D eigenvalue weighted by Gasteiger charge is -2.41. The second-order valence-corrected chi connectivity index (χ2v) is 9.04. The Balaban J connectivity index is 1.38. The molecule has 2 aliphatic rings. The molecule has 8 heteroatoms. The highest BCUT2D eigenvalue weighted by Gasteiger charge is 2.37. The van der Waals surface area contributed by atoms with E-state index in [0.29, 0.717) is 31.4 Å². The maximum absolute atomic E-state index is 12.7. The van der Waals surface area contributed by atoms with Gasteiger partial charge in [-0.05, 0) is 43.8 Å². The molecule has 1 N–H and O–H groups in total. The summed E-state index contributed by atoms with van der Waals surface area (Å²) in [6, 6.07) is 11.8. The molecule has 5 rings (SSSR count). The maximum atomic E-state index is 12.7. The Morgan fingerprint density at radius 1 is 1.06 bits per heavy atom. The number of pyridine rings is 1. The zero-order valence-corrected chi connectivity index (χ0v) is 18.8. The first-order valence-corrected chi connectivity index (χ1v) is 11.3. The molecule has 0 saturated carbocycles. The number of fused-ring (bicyclic) bond motifs is 1. The third-order valence-electron chi connectivity index (χ3n) is 6.77. The summed E-state index contributed by atoms with van der Waals surface area (Å²) < 4.78 is 7.22. The molecule has 2 saturated heterocycles. The zero-order valence-electron chi connectivity index (χ0n) is 18.8. The van der Waals surface area contributed by atoms with E-state index in [-0.39, 0.29) is 11.0 Å². The summed E-state index contributed by atoms with van der Waals surface area (Å²) in [7, 11) is 2.16. The fraction of sp³-hybridized carbons (Fsp3) is 0.458. The molecule has 8 nitrogen and oxygen atoms in total. The molecule has 0 amide bonds. The molecule has 0 radical (unpaired) electrons. The minimum absolute atomic E-state index is 0.00966. The quantitative estimate of drug-likeness (QED) is 0.639. The highest BCUT2D eigenvalue weighted by Crippen LogP contribution is 2.33. The van der Waals surface area contributed by atoms with Crippen LogP contribution in [0.25, 0.3) is 11.0 Å². The number of likely N-dealkylation sites (N-methyl/N-ethyl adjacent to an activating group) is 1. The summed E-state index contributed by atoms with van der Waals surface area (Å²) in [5.41, 5.74) is 2.77. The van der Waals surface area contributed by atoms with Crippen LogP contribution in [-0.2, 0) is 11.3 Å². The van der Waals surface area contributed by atoms with Crippen molar-refractivity contribution in [1.82, 2.24) is 19.4 Å². The number of hydrogen-bond acceptors (Lipinski definition) is 7. The van der Waals surface area contributed by atoms with Crippen LogP contribution in [0.2, 0.25) is 0 Å². The van der Waals surface area contributed by atoms with Gasteiger partial charge in [0.1, 0.15) is 5.65 Å². The predicted octanol–water partition coefficient (Wildman–Crippen LogP) is 2.71. The van der Waals surface area contributed by atoms with Crippen LogP contribution in [0, 0.1) is 5.41 Å². The van der Waals surface area contributed by atoms with Gasteiger partial charge in [0.2, 0.25) is 5.95 Å². The Bertz CT molecular complexity index is 1140. The van der Waals surface area contributed by atoms with Gasteiger partial charge in [-0.2, -0.15) is 4.98 Å². The molecule has 4 heterocycles. The van der Waals surface area contributed by atoms with Crippen LogP contribution < -0.4 is 15.8 Å². The summed E-state index contributed by atoms with van der Waals surface area (Å²) >= 11 is 0. The molecule has 0 atom stereocenters. The largest absolute Gasteiger partial charge is 0.380 e. The fourth-order valence-electron chi connectivity index (χ4n) is 4.37. The molecule has 2 aliphatic heterocycles. The number of hydrogen-bond donors (Lipinski definition) is 1. The van der Waals surface area contributed by atoms with Gasteiger partial charge in [0, 0.05) is 67.2 Å². The van der Waals surface area contributed by atoms with Crippen molar-refractivity contribution in [3.63, 3.8) is 0 Å². The molecule has 32 heavy (non-hydrogen) atoms. The number of aromatic nitrogens is 3. The first-order chi connectivity index (χ1) is 15.5. The molecular formula is C24H30N6O2. The van der Waals surface area contributed by atoms with Crippen molar-refractivity contribution >= 4 is 28.4 Å². The van der Waals surface area contributed by atoms with E-state index in [1.165, 1.54) is 5.69 Å². The lowest BCUT2D eigenvalue weighted by molar-refractivity contribution is -0.123. The Labute approximate surface area is 187 Å². The SMILES string of the molecule is CCC1(Cn2c(=O)ccc3cnc(Nc4ccc(N5CCN(C)CC5)cc4)nc32)COC1. The molecule has 0 aliphatic carbocycles. The van der Waals surface area contributed by atoms with Crippen molar-refractivity contribution in [2.45, 2.75) is 19.9 Å². The Hall–Kier alpha value is -2.97. The highest BCUT2D eigenvalue weighted by atomic mass is 16.5. The Morgan fingerprint density at radius 2 is 1.81 bits per heavy atom. The molecule has 3 aromatic rings. The third kappa shape index (κ3) is 4.08. The van der Waals surface area contributed by atoms with Crippen LogP contribution in [0.5, 0.6) is 0 Å². The van der Waals surface area contributed by atoms with Gasteiger partial charge in [0.05, 0.1) is 13.2 Å². The Kier molecular flexibility index (Phi) is 5.57. The van der Waals surface area contributed by atoms with Crippen molar-refractivity contribution in [1.29, 1.82) is 0 Å². The molecule has 0 unspecified atom stereocenters. The lowest BCUT2D eigenvalue weighted by atomic mass is 9.83. The first kappa shape index (κ1) is 20.9. The summed E-state index contributed by atoms with van der Waals surface area (Å²) in [4.78, 5) is 26.6. The summed E-state index contributed by atoms with van der Waals surface area (Å²) in [6.45, 7) is 8.36. The smallest absolute Gasteiger partial charge is 0.252 e. The minimum Gasteiger partial charge on any atom is -0.380 e. The van der Waals surface area contributed by atoms with E-state index < -0.39 is 0 Å². The molecule has 0 spiro atoms. The van der Waals surface area contributed by atoms with Crippen LogP contribution in [0.1, 0.15) is 13.3 Å². The minimum atomic E-state index is -0.0431. The topological polar surface area (TPSA) is 75.5 Å². The van der Waals surface area contributed by atoms with Gasteiger partial charge >= 0.3 is 0 Å². The first-order valence-electron chi connectivity index (χ1n) is 11.3. The summed E-state index contributed by atoms with van der Waals surface area (Å²) in [5, 5.41) is 4.15. The molecule has 2 aromatic heterocycles. The predicted molar refractivity (Wildman–Crippen MR) is 127 cm³/mol. The van der Waals surface area contributed by atoms with Gasteiger partial charge in [-0.25, -0.2) is 4.98 Å². The molecule has 168 valence electrons. The van der Waals surface area contributed by atoms with E-state index in [2.05, 4.69) is 58.3 Å². The molecule has 0 bridgehead atoms. The number of rotatable bonds is 6. The van der Waals surface area contributed by atoms with Crippen molar-refractivity contribution in [3.8, 4) is 0 Å². The number of anilines is 3. The van der Waals surface area contributed by atoms with Gasteiger partial charge in [-0.15, -0.1) is 0 Å². The highest BCUT2D eigenvalue weighted by molar-refractivity contribution is 5.75. The lowest BCUT2D eigenvalue weighted by Crippen LogP contribution is -2.47. The van der Waals surface area contributed by atoms with Gasteiger partial charge < -0.3 is 19.9 Å². The van der Waals surface area contributed by atoms with Gasteiger partial charge in [0.15, 0.2) is 0 Å². The number of nitrogens with zero attached hydrogens (tertiary/aromatic N) is 5. The molecular weight excluding hydrogens is 404 g/mol. The van der Waals surface area contributed by atoms with Gasteiger partial charge in [-0.1, -0.05) is 6.92 Å². The van der Waals surface area contributed by atoms with Crippen LogP contribution in [0.4, 0.5) is 17.3 Å². The fourth-order valence-corrected chi connectivity index (χ4v) is 4.37.